The number of carboxylic acids is 1. The van der Waals surface area contributed by atoms with Crippen LogP contribution in [0.1, 0.15) is 42.7 Å². The molecule has 5 nitrogen and oxygen atoms in total. The third-order valence-electron chi connectivity index (χ3n) is 7.07. The van der Waals surface area contributed by atoms with Crippen LogP contribution < -0.4 is 5.32 Å². The number of rotatable bonds is 4. The van der Waals surface area contributed by atoms with Gasteiger partial charge in [-0.05, 0) is 53.9 Å². The molecule has 5 heteroatoms. The molecule has 3 aliphatic rings. The van der Waals surface area contributed by atoms with Gasteiger partial charge < -0.3 is 15.2 Å². The van der Waals surface area contributed by atoms with E-state index >= 15 is 0 Å². The Morgan fingerprint density at radius 3 is 2.14 bits per heavy atom. The summed E-state index contributed by atoms with van der Waals surface area (Å²) in [5.41, 5.74) is 4.14. The van der Waals surface area contributed by atoms with Gasteiger partial charge in [-0.15, -0.1) is 0 Å². The maximum absolute atomic E-state index is 12.4. The molecule has 2 saturated carbocycles. The molecule has 2 aromatic carbocycles. The van der Waals surface area contributed by atoms with E-state index in [1.165, 1.54) is 22.3 Å². The van der Waals surface area contributed by atoms with Crippen molar-refractivity contribution in [2.75, 3.05) is 6.61 Å². The molecule has 3 aliphatic carbocycles. The van der Waals surface area contributed by atoms with Crippen molar-refractivity contribution in [2.24, 2.45) is 11.3 Å². The number of benzene rings is 2. The van der Waals surface area contributed by atoms with Crippen molar-refractivity contribution in [3.63, 3.8) is 0 Å². The largest absolute Gasteiger partial charge is 0.481 e. The summed E-state index contributed by atoms with van der Waals surface area (Å²) in [4.78, 5) is 24.1. The minimum atomic E-state index is -0.722. The Hall–Kier alpha value is -2.82. The van der Waals surface area contributed by atoms with Crippen LogP contribution in [0, 0.1) is 11.3 Å². The van der Waals surface area contributed by atoms with Crippen LogP contribution >= 0.6 is 0 Å². The molecular weight excluding hydrogens is 354 g/mol. The minimum absolute atomic E-state index is 0.0311. The number of fused-ring (bicyclic) bond motifs is 4. The summed E-state index contributed by atoms with van der Waals surface area (Å²) in [6.07, 6.45) is 2.49. The van der Waals surface area contributed by atoms with E-state index in [9.17, 15) is 14.7 Å². The van der Waals surface area contributed by atoms with E-state index < -0.39 is 17.5 Å². The second-order valence-corrected chi connectivity index (χ2v) is 8.22. The van der Waals surface area contributed by atoms with Gasteiger partial charge in [0.25, 0.3) is 0 Å². The summed E-state index contributed by atoms with van der Waals surface area (Å²) in [5.74, 6) is -0.658. The number of hydrogen-bond acceptors (Lipinski definition) is 3. The fourth-order valence-electron chi connectivity index (χ4n) is 5.51. The molecule has 2 N–H and O–H groups in total. The zero-order chi connectivity index (χ0) is 19.3. The normalized spacial score (nSPS) is 27.3. The van der Waals surface area contributed by atoms with Crippen molar-refractivity contribution in [3.05, 3.63) is 59.7 Å². The van der Waals surface area contributed by atoms with Crippen LogP contribution in [-0.2, 0) is 9.53 Å². The first-order chi connectivity index (χ1) is 13.6. The molecule has 0 aliphatic heterocycles. The summed E-state index contributed by atoms with van der Waals surface area (Å²) in [5, 5.41) is 12.5. The molecular formula is C23H23NO4. The zero-order valence-corrected chi connectivity index (χ0v) is 15.6. The molecule has 0 saturated heterocycles. The summed E-state index contributed by atoms with van der Waals surface area (Å²) >= 11 is 0. The highest BCUT2D eigenvalue weighted by Gasteiger charge is 2.60. The lowest BCUT2D eigenvalue weighted by Gasteiger charge is -2.43. The zero-order valence-electron chi connectivity index (χ0n) is 15.6. The topological polar surface area (TPSA) is 75.6 Å². The lowest BCUT2D eigenvalue weighted by atomic mass is 9.61. The maximum Gasteiger partial charge on any atom is 0.407 e. The molecule has 0 unspecified atom stereocenters. The Morgan fingerprint density at radius 1 is 1.00 bits per heavy atom. The minimum Gasteiger partial charge on any atom is -0.481 e. The standard InChI is InChI=1S/C23H23NO4/c25-21(26)23-11-9-19(23)20(10-12-23)24-22(27)28-13-18-16-7-3-1-5-14(16)15-6-2-4-8-17(15)18/h1-8,18-20H,9-13H2,(H,24,27)(H,25,26)/t19-,20-,23-/m0/s1. The number of amides is 1. The molecule has 0 spiro atoms. The Balaban J connectivity index is 1.26. The van der Waals surface area contributed by atoms with Gasteiger partial charge in [0.2, 0.25) is 0 Å². The number of ether oxygens (including phenoxy) is 1. The van der Waals surface area contributed by atoms with Gasteiger partial charge in [0.05, 0.1) is 5.41 Å². The molecule has 28 heavy (non-hydrogen) atoms. The molecule has 2 aromatic rings. The Bertz CT molecular complexity index is 910. The van der Waals surface area contributed by atoms with Crippen molar-refractivity contribution in [3.8, 4) is 11.1 Å². The van der Waals surface area contributed by atoms with Gasteiger partial charge in [0.1, 0.15) is 6.61 Å². The Morgan fingerprint density at radius 2 is 1.61 bits per heavy atom. The van der Waals surface area contributed by atoms with E-state index in [2.05, 4.69) is 29.6 Å². The first kappa shape index (κ1) is 17.3. The first-order valence-electron chi connectivity index (χ1n) is 9.95. The van der Waals surface area contributed by atoms with Crippen LogP contribution in [0.3, 0.4) is 0 Å². The Kier molecular flexibility index (Phi) is 3.93. The maximum atomic E-state index is 12.4. The molecule has 1 amide bonds. The van der Waals surface area contributed by atoms with Gasteiger partial charge in [0.15, 0.2) is 0 Å². The number of nitrogens with one attached hydrogen (secondary N) is 1. The number of carboxylic acid groups (broad SMARTS) is 1. The lowest BCUT2D eigenvalue weighted by Crippen LogP contribution is -2.50. The van der Waals surface area contributed by atoms with Gasteiger partial charge in [-0.3, -0.25) is 4.79 Å². The third kappa shape index (κ3) is 2.45. The second kappa shape index (κ2) is 6.36. The van der Waals surface area contributed by atoms with Crippen LogP contribution in [0.15, 0.2) is 48.5 Å². The van der Waals surface area contributed by atoms with E-state index in [1.54, 1.807) is 0 Å². The van der Waals surface area contributed by atoms with E-state index in [4.69, 9.17) is 4.74 Å². The average molecular weight is 377 g/mol. The second-order valence-electron chi connectivity index (χ2n) is 8.22. The highest BCUT2D eigenvalue weighted by Crippen LogP contribution is 2.57. The van der Waals surface area contributed by atoms with Crippen LogP contribution in [0.4, 0.5) is 4.79 Å². The highest BCUT2D eigenvalue weighted by atomic mass is 16.5. The lowest BCUT2D eigenvalue weighted by molar-refractivity contribution is -0.159. The van der Waals surface area contributed by atoms with Gasteiger partial charge >= 0.3 is 12.1 Å². The van der Waals surface area contributed by atoms with Crippen molar-refractivity contribution >= 4 is 12.1 Å². The van der Waals surface area contributed by atoms with Gasteiger partial charge in [-0.2, -0.15) is 0 Å². The molecule has 5 rings (SSSR count). The van der Waals surface area contributed by atoms with Crippen molar-refractivity contribution in [2.45, 2.75) is 37.6 Å². The monoisotopic (exact) mass is 377 g/mol. The van der Waals surface area contributed by atoms with Crippen LogP contribution in [0.5, 0.6) is 0 Å². The van der Waals surface area contributed by atoms with Crippen LogP contribution in [0.2, 0.25) is 0 Å². The number of carbonyl (C=O) groups excluding carboxylic acids is 1. The smallest absolute Gasteiger partial charge is 0.407 e. The summed E-state index contributed by atoms with van der Waals surface area (Å²) in [7, 11) is 0. The SMILES string of the molecule is O=C(N[C@H]1CC[C@@]2(C(=O)O)CC[C@@H]12)OCC1c2ccccc2-c2ccccc21. The summed E-state index contributed by atoms with van der Waals surface area (Å²) < 4.78 is 5.61. The van der Waals surface area contributed by atoms with E-state index in [1.807, 2.05) is 24.3 Å². The van der Waals surface area contributed by atoms with Gasteiger partial charge in [-0.25, -0.2) is 4.79 Å². The molecule has 0 radical (unpaired) electrons. The van der Waals surface area contributed by atoms with Crippen molar-refractivity contribution in [1.29, 1.82) is 0 Å². The fourth-order valence-corrected chi connectivity index (χ4v) is 5.51. The average Bonchev–Trinajstić information content (AvgIpc) is 3.12. The van der Waals surface area contributed by atoms with Crippen molar-refractivity contribution in [1.82, 2.24) is 5.32 Å². The molecule has 144 valence electrons. The van der Waals surface area contributed by atoms with Crippen LogP contribution in [-0.4, -0.2) is 29.8 Å². The van der Waals surface area contributed by atoms with Gasteiger partial charge in [0, 0.05) is 12.0 Å². The Labute approximate surface area is 163 Å². The number of alkyl carbamates (subject to hydrolysis) is 1. The number of carbonyl (C=O) groups is 2. The van der Waals surface area contributed by atoms with Gasteiger partial charge in [-0.1, -0.05) is 48.5 Å². The molecule has 0 bridgehead atoms. The number of hydrogen-bond donors (Lipinski definition) is 2. The quantitative estimate of drug-likeness (QED) is 0.839. The summed E-state index contributed by atoms with van der Waals surface area (Å²) in [6, 6.07) is 16.4. The predicted molar refractivity (Wildman–Crippen MR) is 104 cm³/mol. The molecule has 0 aromatic heterocycles. The summed E-state index contributed by atoms with van der Waals surface area (Å²) in [6.45, 7) is 0.279. The molecule has 2 fully saturated rings. The molecule has 3 atom stereocenters. The predicted octanol–water partition coefficient (Wildman–Crippen LogP) is 4.17. The first-order valence-corrected chi connectivity index (χ1v) is 9.95. The number of aliphatic carboxylic acids is 1. The van der Waals surface area contributed by atoms with E-state index in [-0.39, 0.29) is 24.5 Å². The molecule has 0 heterocycles. The van der Waals surface area contributed by atoms with E-state index in [0.717, 1.165) is 12.8 Å². The van der Waals surface area contributed by atoms with Crippen LogP contribution in [0.25, 0.3) is 11.1 Å². The van der Waals surface area contributed by atoms with E-state index in [0.29, 0.717) is 12.8 Å². The highest BCUT2D eigenvalue weighted by molar-refractivity contribution is 5.79. The third-order valence-corrected chi connectivity index (χ3v) is 7.07. The van der Waals surface area contributed by atoms with Crippen molar-refractivity contribution < 1.29 is 19.4 Å². The fraction of sp³-hybridized carbons (Fsp3) is 0.391.